The van der Waals surface area contributed by atoms with Gasteiger partial charge in [0.2, 0.25) is 10.0 Å². The molecular formula is C18H27N3O2S. The Morgan fingerprint density at radius 1 is 1.25 bits per heavy atom. The van der Waals surface area contributed by atoms with Gasteiger partial charge in [0, 0.05) is 17.5 Å². The van der Waals surface area contributed by atoms with Crippen LogP contribution < -0.4 is 15.8 Å². The Hall–Kier alpha value is -1.53. The number of nitrogen functional groups attached to an aromatic ring is 1. The molecule has 0 heterocycles. The van der Waals surface area contributed by atoms with Gasteiger partial charge >= 0.3 is 0 Å². The first kappa shape index (κ1) is 17.3. The molecule has 3 rings (SSSR count). The molecule has 0 aliphatic heterocycles. The first-order valence-electron chi connectivity index (χ1n) is 8.46. The van der Waals surface area contributed by atoms with E-state index in [2.05, 4.69) is 23.0 Å². The van der Waals surface area contributed by atoms with Crippen LogP contribution in [0.4, 0.5) is 11.4 Å². The summed E-state index contributed by atoms with van der Waals surface area (Å²) in [5.41, 5.74) is 8.43. The summed E-state index contributed by atoms with van der Waals surface area (Å²) in [7, 11) is -3.57. The van der Waals surface area contributed by atoms with E-state index in [1.54, 1.807) is 12.1 Å². The summed E-state index contributed by atoms with van der Waals surface area (Å²) in [5.74, 6) is 1.16. The zero-order valence-corrected chi connectivity index (χ0v) is 15.6. The monoisotopic (exact) mass is 349 g/mol. The van der Waals surface area contributed by atoms with E-state index in [0.29, 0.717) is 23.6 Å². The molecule has 4 N–H and O–H groups in total. The Kier molecular flexibility index (Phi) is 4.16. The van der Waals surface area contributed by atoms with E-state index < -0.39 is 15.6 Å². The number of hydrogen-bond donors (Lipinski definition) is 3. The number of fused-ring (bicyclic) bond motifs is 1. The highest BCUT2D eigenvalue weighted by Gasteiger charge is 2.42. The summed E-state index contributed by atoms with van der Waals surface area (Å²) >= 11 is 0. The van der Waals surface area contributed by atoms with Gasteiger partial charge < -0.3 is 11.1 Å². The van der Waals surface area contributed by atoms with Crippen molar-refractivity contribution in [2.24, 2.45) is 11.8 Å². The van der Waals surface area contributed by atoms with E-state index in [-0.39, 0.29) is 4.90 Å². The van der Waals surface area contributed by atoms with Gasteiger partial charge in [-0.25, -0.2) is 13.1 Å². The van der Waals surface area contributed by atoms with Gasteiger partial charge in [-0.2, -0.15) is 0 Å². The quantitative estimate of drug-likeness (QED) is 0.576. The van der Waals surface area contributed by atoms with Crippen molar-refractivity contribution in [3.8, 4) is 0 Å². The molecule has 1 fully saturated rings. The second-order valence-electron chi connectivity index (χ2n) is 8.08. The SMILES string of the molecule is CC1CC=C2CC2C1Nc1ccc(S(=O)(=O)NC(C)(C)C)cc1N. The van der Waals surface area contributed by atoms with Crippen molar-refractivity contribution in [3.05, 3.63) is 29.8 Å². The summed E-state index contributed by atoms with van der Waals surface area (Å²) in [6, 6.07) is 5.30. The van der Waals surface area contributed by atoms with Crippen LogP contribution in [0.2, 0.25) is 0 Å². The molecule has 0 saturated heterocycles. The lowest BCUT2D eigenvalue weighted by Crippen LogP contribution is -2.40. The van der Waals surface area contributed by atoms with Crippen LogP contribution in [0, 0.1) is 11.8 Å². The molecule has 0 amide bonds. The van der Waals surface area contributed by atoms with Crippen LogP contribution in [0.15, 0.2) is 34.7 Å². The Morgan fingerprint density at radius 3 is 2.58 bits per heavy atom. The van der Waals surface area contributed by atoms with Crippen LogP contribution in [-0.2, 0) is 10.0 Å². The summed E-state index contributed by atoms with van der Waals surface area (Å²) in [6.07, 6.45) is 4.61. The number of allylic oxidation sites excluding steroid dienone is 1. The fraction of sp³-hybridized carbons (Fsp3) is 0.556. The van der Waals surface area contributed by atoms with Crippen LogP contribution in [0.1, 0.15) is 40.5 Å². The van der Waals surface area contributed by atoms with Crippen molar-refractivity contribution in [1.82, 2.24) is 4.72 Å². The molecule has 1 aromatic carbocycles. The molecule has 0 radical (unpaired) electrons. The molecule has 3 atom stereocenters. The summed E-state index contributed by atoms with van der Waals surface area (Å²) in [5, 5.41) is 3.54. The number of nitrogens with two attached hydrogens (primary N) is 1. The first-order valence-corrected chi connectivity index (χ1v) is 9.94. The number of hydrogen-bond acceptors (Lipinski definition) is 4. The third-order valence-corrected chi connectivity index (χ3v) is 6.42. The van der Waals surface area contributed by atoms with Gasteiger partial charge in [0.1, 0.15) is 0 Å². The standard InChI is InChI=1S/C18H27N3O2S/c1-11-5-6-12-9-14(12)17(11)20-16-8-7-13(10-15(16)19)24(22,23)21-18(2,3)4/h6-8,10-11,14,17,20-21H,5,9,19H2,1-4H3. The smallest absolute Gasteiger partial charge is 0.241 e. The van der Waals surface area contributed by atoms with Gasteiger partial charge in [-0.15, -0.1) is 0 Å². The molecule has 0 spiro atoms. The number of anilines is 2. The van der Waals surface area contributed by atoms with Crippen LogP contribution in [0.25, 0.3) is 0 Å². The van der Waals surface area contributed by atoms with E-state index in [9.17, 15) is 8.42 Å². The van der Waals surface area contributed by atoms with Crippen molar-refractivity contribution < 1.29 is 8.42 Å². The molecule has 3 unspecified atom stereocenters. The van der Waals surface area contributed by atoms with Crippen LogP contribution in [-0.4, -0.2) is 20.0 Å². The maximum absolute atomic E-state index is 12.4. The summed E-state index contributed by atoms with van der Waals surface area (Å²) in [6.45, 7) is 7.69. The minimum atomic E-state index is -3.57. The lowest BCUT2D eigenvalue weighted by Gasteiger charge is -2.28. The van der Waals surface area contributed by atoms with E-state index in [4.69, 9.17) is 5.73 Å². The summed E-state index contributed by atoms with van der Waals surface area (Å²) < 4.78 is 27.5. The van der Waals surface area contributed by atoms with Gasteiger partial charge in [-0.3, -0.25) is 0 Å². The molecule has 1 aromatic rings. The molecule has 132 valence electrons. The molecule has 0 bridgehead atoms. The Morgan fingerprint density at radius 2 is 1.96 bits per heavy atom. The Bertz CT molecular complexity index is 778. The normalized spacial score (nSPS) is 26.5. The number of benzene rings is 1. The van der Waals surface area contributed by atoms with Crippen molar-refractivity contribution in [2.75, 3.05) is 11.1 Å². The zero-order chi connectivity index (χ0) is 17.7. The fourth-order valence-electron chi connectivity index (χ4n) is 3.39. The molecule has 2 aliphatic carbocycles. The second-order valence-corrected chi connectivity index (χ2v) is 9.76. The predicted octanol–water partition coefficient (Wildman–Crippen LogP) is 3.11. The summed E-state index contributed by atoms with van der Waals surface area (Å²) in [4.78, 5) is 0.198. The third kappa shape index (κ3) is 3.59. The van der Waals surface area contributed by atoms with Gasteiger partial charge in [-0.1, -0.05) is 18.6 Å². The molecule has 5 nitrogen and oxygen atoms in total. The molecule has 2 aliphatic rings. The topological polar surface area (TPSA) is 84.2 Å². The van der Waals surface area contributed by atoms with Crippen molar-refractivity contribution in [1.29, 1.82) is 0 Å². The van der Waals surface area contributed by atoms with Gasteiger partial charge in [0.15, 0.2) is 0 Å². The molecule has 1 saturated carbocycles. The zero-order valence-electron chi connectivity index (χ0n) is 14.8. The predicted molar refractivity (Wildman–Crippen MR) is 98.3 cm³/mol. The lowest BCUT2D eigenvalue weighted by molar-refractivity contribution is 0.442. The van der Waals surface area contributed by atoms with Gasteiger partial charge in [0.25, 0.3) is 0 Å². The Labute approximate surface area is 144 Å². The van der Waals surface area contributed by atoms with Crippen molar-refractivity contribution >= 4 is 21.4 Å². The van der Waals surface area contributed by atoms with E-state index in [0.717, 1.165) is 12.1 Å². The average Bonchev–Trinajstić information content (AvgIpc) is 3.20. The average molecular weight is 350 g/mol. The largest absolute Gasteiger partial charge is 0.397 e. The van der Waals surface area contributed by atoms with Gasteiger partial charge in [0.05, 0.1) is 16.3 Å². The highest BCUT2D eigenvalue weighted by molar-refractivity contribution is 7.89. The Balaban J connectivity index is 1.79. The first-order chi connectivity index (χ1) is 11.1. The lowest BCUT2D eigenvalue weighted by atomic mass is 9.90. The molecule has 24 heavy (non-hydrogen) atoms. The maximum atomic E-state index is 12.4. The van der Waals surface area contributed by atoms with E-state index in [1.165, 1.54) is 18.1 Å². The number of nitrogens with one attached hydrogen (secondary N) is 2. The van der Waals surface area contributed by atoms with Crippen LogP contribution in [0.5, 0.6) is 0 Å². The van der Waals surface area contributed by atoms with Crippen molar-refractivity contribution in [3.63, 3.8) is 0 Å². The maximum Gasteiger partial charge on any atom is 0.241 e. The second kappa shape index (κ2) is 5.77. The number of sulfonamides is 1. The highest BCUT2D eigenvalue weighted by Crippen LogP contribution is 2.48. The molecule has 0 aromatic heterocycles. The highest BCUT2D eigenvalue weighted by atomic mass is 32.2. The minimum absolute atomic E-state index is 0.198. The number of rotatable bonds is 4. The van der Waals surface area contributed by atoms with E-state index in [1.807, 2.05) is 20.8 Å². The van der Waals surface area contributed by atoms with Crippen LogP contribution >= 0.6 is 0 Å². The van der Waals surface area contributed by atoms with E-state index >= 15 is 0 Å². The third-order valence-electron chi connectivity index (χ3n) is 4.67. The molecule has 6 heteroatoms. The fourth-order valence-corrected chi connectivity index (χ4v) is 4.84. The minimum Gasteiger partial charge on any atom is -0.397 e. The van der Waals surface area contributed by atoms with Crippen molar-refractivity contribution in [2.45, 2.75) is 57.0 Å². The van der Waals surface area contributed by atoms with Gasteiger partial charge in [-0.05, 0) is 57.7 Å². The molecular weight excluding hydrogens is 322 g/mol. The van der Waals surface area contributed by atoms with Crippen LogP contribution in [0.3, 0.4) is 0 Å².